The van der Waals surface area contributed by atoms with Gasteiger partial charge in [0, 0.05) is 48.9 Å². The van der Waals surface area contributed by atoms with Crippen LogP contribution in [0.2, 0.25) is 0 Å². The number of aliphatic imine (C=N–C) groups is 1. The third-order valence-electron chi connectivity index (χ3n) is 3.70. The molecule has 1 aromatic carbocycles. The molecule has 3 aromatic rings. The molecule has 0 spiro atoms. The largest absolute Gasteiger partial charge is 0.345 e. The zero-order valence-electron chi connectivity index (χ0n) is 12.5. The van der Waals surface area contributed by atoms with Gasteiger partial charge in [-0.25, -0.2) is 15.0 Å². The summed E-state index contributed by atoms with van der Waals surface area (Å²) in [5, 5.41) is 0. The maximum absolute atomic E-state index is 4.64. The van der Waals surface area contributed by atoms with E-state index < -0.39 is 0 Å². The van der Waals surface area contributed by atoms with Gasteiger partial charge in [0.15, 0.2) is 5.82 Å². The smallest absolute Gasteiger partial charge is 0.174 e. The molecule has 0 bridgehead atoms. The highest BCUT2D eigenvalue weighted by Crippen LogP contribution is 2.18. The lowest BCUT2D eigenvalue weighted by Gasteiger charge is -2.05. The van der Waals surface area contributed by atoms with Gasteiger partial charge in [-0.3, -0.25) is 4.99 Å². The van der Waals surface area contributed by atoms with Crippen LogP contribution in [0.3, 0.4) is 0 Å². The maximum Gasteiger partial charge on any atom is 0.174 e. The quantitative estimate of drug-likeness (QED) is 0.805. The molecule has 1 aliphatic rings. The summed E-state index contributed by atoms with van der Waals surface area (Å²) in [5.41, 5.74) is 4.18. The van der Waals surface area contributed by atoms with Gasteiger partial charge in [-0.05, 0) is 17.7 Å². The van der Waals surface area contributed by atoms with E-state index in [1.807, 2.05) is 30.5 Å². The average Bonchev–Trinajstić information content (AvgIpc) is 3.29. The highest BCUT2D eigenvalue weighted by atomic mass is 14.9. The van der Waals surface area contributed by atoms with Crippen LogP contribution in [0.15, 0.2) is 66.2 Å². The van der Waals surface area contributed by atoms with Crippen LogP contribution in [0, 0.1) is 0 Å². The third-order valence-corrected chi connectivity index (χ3v) is 3.70. The Bertz CT molecular complexity index is 878. The fourth-order valence-corrected chi connectivity index (χ4v) is 2.60. The molecular weight excluding hydrogens is 286 g/mol. The van der Waals surface area contributed by atoms with Crippen LogP contribution in [-0.2, 0) is 6.42 Å². The molecule has 1 aliphatic heterocycles. The highest BCUT2D eigenvalue weighted by Gasteiger charge is 2.09. The average molecular weight is 301 g/mol. The van der Waals surface area contributed by atoms with Crippen molar-refractivity contribution in [2.45, 2.75) is 12.8 Å². The summed E-state index contributed by atoms with van der Waals surface area (Å²) >= 11 is 0. The number of benzene rings is 1. The molecule has 0 saturated heterocycles. The number of hydrogen-bond acceptors (Lipinski definition) is 4. The minimum absolute atomic E-state index is 0.717. The van der Waals surface area contributed by atoms with Crippen molar-refractivity contribution in [3.63, 3.8) is 0 Å². The molecule has 23 heavy (non-hydrogen) atoms. The molecule has 0 aliphatic carbocycles. The fraction of sp³-hybridized carbons (Fsp3) is 0.111. The molecule has 0 radical (unpaired) electrons. The lowest BCUT2D eigenvalue weighted by atomic mass is 10.1. The van der Waals surface area contributed by atoms with Crippen molar-refractivity contribution in [3.8, 4) is 11.4 Å². The second-order valence-corrected chi connectivity index (χ2v) is 5.35. The molecular formula is C18H15N5. The Hall–Kier alpha value is -3.08. The molecule has 2 aromatic heterocycles. The lowest BCUT2D eigenvalue weighted by Crippen LogP contribution is -2.06. The summed E-state index contributed by atoms with van der Waals surface area (Å²) in [7, 11) is 0. The first-order chi connectivity index (χ1) is 11.4. The van der Waals surface area contributed by atoms with Crippen LogP contribution in [0.1, 0.15) is 23.5 Å². The summed E-state index contributed by atoms with van der Waals surface area (Å²) < 4.78 is 0. The normalized spacial score (nSPS) is 13.3. The van der Waals surface area contributed by atoms with E-state index in [1.54, 1.807) is 18.6 Å². The Balaban J connectivity index is 1.59. The first-order valence-electron chi connectivity index (χ1n) is 7.51. The Morgan fingerprint density at radius 3 is 2.91 bits per heavy atom. The Kier molecular flexibility index (Phi) is 3.52. The molecule has 0 amide bonds. The monoisotopic (exact) mass is 301 g/mol. The van der Waals surface area contributed by atoms with Crippen LogP contribution in [-0.4, -0.2) is 25.6 Å². The van der Waals surface area contributed by atoms with Crippen molar-refractivity contribution in [3.05, 3.63) is 78.3 Å². The predicted octanol–water partition coefficient (Wildman–Crippen LogP) is 3.16. The molecule has 0 unspecified atom stereocenters. The number of nitrogens with one attached hydrogen (secondary N) is 1. The summed E-state index contributed by atoms with van der Waals surface area (Å²) in [6, 6.07) is 10.3. The number of H-pyrrole nitrogens is 1. The fourth-order valence-electron chi connectivity index (χ4n) is 2.60. The topological polar surface area (TPSA) is 66.8 Å². The van der Waals surface area contributed by atoms with E-state index >= 15 is 0 Å². The zero-order chi connectivity index (χ0) is 15.5. The minimum Gasteiger partial charge on any atom is -0.345 e. The van der Waals surface area contributed by atoms with Crippen LogP contribution in [0.4, 0.5) is 0 Å². The van der Waals surface area contributed by atoms with E-state index in [9.17, 15) is 0 Å². The van der Waals surface area contributed by atoms with Crippen molar-refractivity contribution in [1.29, 1.82) is 0 Å². The van der Waals surface area contributed by atoms with E-state index in [1.165, 1.54) is 5.56 Å². The molecule has 0 atom stereocenters. The van der Waals surface area contributed by atoms with Crippen molar-refractivity contribution >= 4 is 5.71 Å². The summed E-state index contributed by atoms with van der Waals surface area (Å²) in [4.78, 5) is 20.7. The maximum atomic E-state index is 4.64. The Morgan fingerprint density at radius 1 is 1.09 bits per heavy atom. The standard InChI is InChI=1S/C18H15N5/c1-3-13(11-14(4-1)17-21-9-10-22-17)12-15-6-8-20-18(23-15)16-5-2-7-19-16/h1-4,6-11H,5,12H2,(H,21,22). The van der Waals surface area contributed by atoms with Gasteiger partial charge in [-0.1, -0.05) is 24.3 Å². The molecule has 5 heteroatoms. The molecule has 3 heterocycles. The Morgan fingerprint density at radius 2 is 2.09 bits per heavy atom. The molecule has 112 valence electrons. The van der Waals surface area contributed by atoms with Crippen molar-refractivity contribution in [2.24, 2.45) is 4.99 Å². The highest BCUT2D eigenvalue weighted by molar-refractivity contribution is 5.99. The van der Waals surface area contributed by atoms with Crippen molar-refractivity contribution < 1.29 is 0 Å². The van der Waals surface area contributed by atoms with Crippen LogP contribution >= 0.6 is 0 Å². The second-order valence-electron chi connectivity index (χ2n) is 5.35. The zero-order valence-corrected chi connectivity index (χ0v) is 12.5. The number of rotatable bonds is 4. The van der Waals surface area contributed by atoms with E-state index in [-0.39, 0.29) is 0 Å². The van der Waals surface area contributed by atoms with Gasteiger partial charge in [0.2, 0.25) is 0 Å². The minimum atomic E-state index is 0.717. The first kappa shape index (κ1) is 13.6. The van der Waals surface area contributed by atoms with E-state index in [0.717, 1.165) is 41.5 Å². The SMILES string of the molecule is C1=CN=C(c2nccc(Cc3cccc(-c4ncc[nH]4)c3)n2)C1. The second kappa shape index (κ2) is 5.96. The van der Waals surface area contributed by atoms with Gasteiger partial charge in [-0.15, -0.1) is 0 Å². The van der Waals surface area contributed by atoms with Crippen molar-refractivity contribution in [2.75, 3.05) is 0 Å². The van der Waals surface area contributed by atoms with E-state index in [0.29, 0.717) is 0 Å². The third kappa shape index (κ3) is 2.94. The van der Waals surface area contributed by atoms with E-state index in [2.05, 4.69) is 37.1 Å². The molecule has 0 fully saturated rings. The number of nitrogens with zero attached hydrogens (tertiary/aromatic N) is 4. The number of hydrogen-bond donors (Lipinski definition) is 1. The van der Waals surface area contributed by atoms with Gasteiger partial charge in [0.25, 0.3) is 0 Å². The van der Waals surface area contributed by atoms with Crippen LogP contribution in [0.25, 0.3) is 11.4 Å². The molecule has 4 rings (SSSR count). The predicted molar refractivity (Wildman–Crippen MR) is 89.2 cm³/mol. The number of imidazole rings is 1. The van der Waals surface area contributed by atoms with Gasteiger partial charge in [-0.2, -0.15) is 0 Å². The van der Waals surface area contributed by atoms with Crippen LogP contribution in [0.5, 0.6) is 0 Å². The van der Waals surface area contributed by atoms with E-state index in [4.69, 9.17) is 0 Å². The van der Waals surface area contributed by atoms with Gasteiger partial charge in [0.1, 0.15) is 5.82 Å². The van der Waals surface area contributed by atoms with Crippen molar-refractivity contribution in [1.82, 2.24) is 19.9 Å². The Labute approximate surface area is 133 Å². The molecule has 1 N–H and O–H groups in total. The number of aromatic nitrogens is 4. The summed E-state index contributed by atoms with van der Waals surface area (Å²) in [6.45, 7) is 0. The summed E-state index contributed by atoms with van der Waals surface area (Å²) in [6.07, 6.45) is 10.8. The lowest BCUT2D eigenvalue weighted by molar-refractivity contribution is 1.01. The van der Waals surface area contributed by atoms with Crippen LogP contribution < -0.4 is 0 Å². The van der Waals surface area contributed by atoms with Gasteiger partial charge < -0.3 is 4.98 Å². The number of aromatic amines is 1. The number of allylic oxidation sites excluding steroid dienone is 1. The molecule has 0 saturated carbocycles. The summed E-state index contributed by atoms with van der Waals surface area (Å²) in [5.74, 6) is 1.59. The first-order valence-corrected chi connectivity index (χ1v) is 7.51. The van der Waals surface area contributed by atoms with Gasteiger partial charge in [0.05, 0.1) is 5.71 Å². The van der Waals surface area contributed by atoms with Gasteiger partial charge >= 0.3 is 0 Å². The molecule has 5 nitrogen and oxygen atoms in total.